The molecule has 4 rings (SSSR count). The SMILES string of the molecule is COc1ccc(C(C)NS(=O)(=O)c2ccc(Oc3ccnc4cc(OC)ccc34)cc2)cc1. The normalized spacial score (nSPS) is 12.3. The van der Waals surface area contributed by atoms with Crippen LogP contribution in [0.2, 0.25) is 0 Å². The molecule has 1 N–H and O–H groups in total. The molecule has 4 aromatic rings. The van der Waals surface area contributed by atoms with E-state index in [0.29, 0.717) is 23.0 Å². The van der Waals surface area contributed by atoms with Gasteiger partial charge in [-0.15, -0.1) is 0 Å². The van der Waals surface area contributed by atoms with Gasteiger partial charge in [-0.2, -0.15) is 0 Å². The number of ether oxygens (including phenoxy) is 3. The number of aromatic nitrogens is 1. The Morgan fingerprint density at radius 2 is 1.45 bits per heavy atom. The third-order valence-electron chi connectivity index (χ3n) is 5.22. The van der Waals surface area contributed by atoms with E-state index in [4.69, 9.17) is 14.2 Å². The molecular weight excluding hydrogens is 440 g/mol. The summed E-state index contributed by atoms with van der Waals surface area (Å²) in [5.74, 6) is 2.55. The Kier molecular flexibility index (Phi) is 6.48. The number of sulfonamides is 1. The molecule has 170 valence electrons. The molecule has 7 nitrogen and oxygen atoms in total. The van der Waals surface area contributed by atoms with Crippen molar-refractivity contribution in [3.63, 3.8) is 0 Å². The van der Waals surface area contributed by atoms with Crippen molar-refractivity contribution in [2.24, 2.45) is 0 Å². The van der Waals surface area contributed by atoms with E-state index in [0.717, 1.165) is 16.5 Å². The average Bonchev–Trinajstić information content (AvgIpc) is 2.84. The predicted octanol–water partition coefficient (Wildman–Crippen LogP) is 5.08. The van der Waals surface area contributed by atoms with Crippen LogP contribution in [0.1, 0.15) is 18.5 Å². The van der Waals surface area contributed by atoms with Crippen LogP contribution in [0, 0.1) is 0 Å². The van der Waals surface area contributed by atoms with E-state index in [2.05, 4.69) is 9.71 Å². The summed E-state index contributed by atoms with van der Waals surface area (Å²) >= 11 is 0. The summed E-state index contributed by atoms with van der Waals surface area (Å²) in [7, 11) is -0.529. The van der Waals surface area contributed by atoms with Gasteiger partial charge in [0.15, 0.2) is 0 Å². The van der Waals surface area contributed by atoms with E-state index in [1.165, 1.54) is 12.1 Å². The summed E-state index contributed by atoms with van der Waals surface area (Å²) in [6, 6.07) is 20.4. The number of methoxy groups -OCH3 is 2. The van der Waals surface area contributed by atoms with Crippen LogP contribution in [0.5, 0.6) is 23.0 Å². The van der Waals surface area contributed by atoms with Gasteiger partial charge in [-0.3, -0.25) is 4.98 Å². The molecule has 1 atom stereocenters. The first kappa shape index (κ1) is 22.6. The van der Waals surface area contributed by atoms with Gasteiger partial charge in [0.2, 0.25) is 10.0 Å². The maximum Gasteiger partial charge on any atom is 0.241 e. The average molecular weight is 465 g/mol. The Balaban J connectivity index is 1.50. The number of nitrogens with zero attached hydrogens (tertiary/aromatic N) is 1. The van der Waals surface area contributed by atoms with Gasteiger partial charge in [0, 0.05) is 23.7 Å². The molecule has 0 aliphatic rings. The van der Waals surface area contributed by atoms with Gasteiger partial charge >= 0.3 is 0 Å². The molecular formula is C25H24N2O5S. The fraction of sp³-hybridized carbons (Fsp3) is 0.160. The van der Waals surface area contributed by atoms with E-state index in [-0.39, 0.29) is 4.90 Å². The highest BCUT2D eigenvalue weighted by Gasteiger charge is 2.19. The number of fused-ring (bicyclic) bond motifs is 1. The summed E-state index contributed by atoms with van der Waals surface area (Å²) in [6.45, 7) is 1.79. The minimum Gasteiger partial charge on any atom is -0.497 e. The summed E-state index contributed by atoms with van der Waals surface area (Å²) < 4.78 is 44.8. The zero-order valence-electron chi connectivity index (χ0n) is 18.5. The molecule has 3 aromatic carbocycles. The molecule has 0 saturated heterocycles. The maximum absolute atomic E-state index is 12.8. The molecule has 0 bridgehead atoms. The van der Waals surface area contributed by atoms with Crippen molar-refractivity contribution in [2.75, 3.05) is 14.2 Å². The lowest BCUT2D eigenvalue weighted by atomic mass is 10.1. The third-order valence-corrected chi connectivity index (χ3v) is 6.78. The number of rotatable bonds is 8. The Hall–Kier alpha value is -3.62. The molecule has 8 heteroatoms. The van der Waals surface area contributed by atoms with Crippen LogP contribution in [-0.2, 0) is 10.0 Å². The lowest BCUT2D eigenvalue weighted by Gasteiger charge is -2.15. The number of hydrogen-bond donors (Lipinski definition) is 1. The van der Waals surface area contributed by atoms with Crippen LogP contribution in [-0.4, -0.2) is 27.6 Å². The van der Waals surface area contributed by atoms with Crippen molar-refractivity contribution < 1.29 is 22.6 Å². The molecule has 0 fully saturated rings. The molecule has 0 saturated carbocycles. The molecule has 0 amide bonds. The molecule has 0 aliphatic heterocycles. The Morgan fingerprint density at radius 1 is 0.818 bits per heavy atom. The van der Waals surface area contributed by atoms with Crippen LogP contribution in [0.25, 0.3) is 10.9 Å². The molecule has 0 radical (unpaired) electrons. The number of benzene rings is 3. The van der Waals surface area contributed by atoms with E-state index in [1.54, 1.807) is 57.7 Å². The monoisotopic (exact) mass is 464 g/mol. The molecule has 0 aliphatic carbocycles. The largest absolute Gasteiger partial charge is 0.497 e. The smallest absolute Gasteiger partial charge is 0.241 e. The summed E-state index contributed by atoms with van der Waals surface area (Å²) in [5, 5.41) is 0.824. The van der Waals surface area contributed by atoms with Crippen LogP contribution >= 0.6 is 0 Å². The van der Waals surface area contributed by atoms with E-state index in [9.17, 15) is 8.42 Å². The van der Waals surface area contributed by atoms with Gasteiger partial charge in [0.05, 0.1) is 24.6 Å². The van der Waals surface area contributed by atoms with Crippen LogP contribution in [0.15, 0.2) is 83.9 Å². The first-order valence-electron chi connectivity index (χ1n) is 10.3. The maximum atomic E-state index is 12.8. The van der Waals surface area contributed by atoms with Gasteiger partial charge < -0.3 is 14.2 Å². The highest BCUT2D eigenvalue weighted by atomic mass is 32.2. The summed E-state index contributed by atoms with van der Waals surface area (Å²) in [5.41, 5.74) is 1.57. The highest BCUT2D eigenvalue weighted by molar-refractivity contribution is 7.89. The second kappa shape index (κ2) is 9.48. The van der Waals surface area contributed by atoms with Gasteiger partial charge in [-0.25, -0.2) is 13.1 Å². The molecule has 1 unspecified atom stereocenters. The Morgan fingerprint density at radius 3 is 2.12 bits per heavy atom. The Bertz CT molecular complexity index is 1350. The van der Waals surface area contributed by atoms with Crippen molar-refractivity contribution in [1.82, 2.24) is 9.71 Å². The van der Waals surface area contributed by atoms with Crippen LogP contribution in [0.4, 0.5) is 0 Å². The number of nitrogens with one attached hydrogen (secondary N) is 1. The van der Waals surface area contributed by atoms with Crippen LogP contribution < -0.4 is 18.9 Å². The summed E-state index contributed by atoms with van der Waals surface area (Å²) in [6.07, 6.45) is 1.65. The van der Waals surface area contributed by atoms with E-state index < -0.39 is 16.1 Å². The second-order valence-electron chi connectivity index (χ2n) is 7.38. The first-order chi connectivity index (χ1) is 15.9. The standard InChI is InChI=1S/C25H24N2O5S/c1-17(18-4-6-19(30-2)7-5-18)27-33(28,29)22-11-8-20(9-12-22)32-25-14-15-26-24-16-21(31-3)10-13-23(24)25/h4-17,27H,1-3H3. The zero-order valence-corrected chi connectivity index (χ0v) is 19.3. The third kappa shape index (κ3) is 5.08. The fourth-order valence-corrected chi connectivity index (χ4v) is 4.62. The number of pyridine rings is 1. The van der Waals surface area contributed by atoms with Crippen molar-refractivity contribution in [1.29, 1.82) is 0 Å². The van der Waals surface area contributed by atoms with Crippen molar-refractivity contribution in [2.45, 2.75) is 17.9 Å². The number of hydrogen-bond acceptors (Lipinski definition) is 6. The zero-order chi connectivity index (χ0) is 23.4. The lowest BCUT2D eigenvalue weighted by molar-refractivity contribution is 0.414. The van der Waals surface area contributed by atoms with E-state index in [1.807, 2.05) is 30.3 Å². The molecule has 1 aromatic heterocycles. The predicted molar refractivity (Wildman–Crippen MR) is 127 cm³/mol. The topological polar surface area (TPSA) is 86.8 Å². The fourth-order valence-electron chi connectivity index (χ4n) is 3.39. The van der Waals surface area contributed by atoms with Gasteiger partial charge in [-0.1, -0.05) is 12.1 Å². The second-order valence-corrected chi connectivity index (χ2v) is 9.10. The molecule has 33 heavy (non-hydrogen) atoms. The van der Waals surface area contributed by atoms with E-state index >= 15 is 0 Å². The summed E-state index contributed by atoms with van der Waals surface area (Å²) in [4.78, 5) is 4.50. The van der Waals surface area contributed by atoms with Crippen molar-refractivity contribution >= 4 is 20.9 Å². The minimum atomic E-state index is -3.72. The minimum absolute atomic E-state index is 0.152. The van der Waals surface area contributed by atoms with Crippen molar-refractivity contribution in [3.05, 3.63) is 84.6 Å². The van der Waals surface area contributed by atoms with Gasteiger partial charge in [-0.05, 0) is 67.1 Å². The van der Waals surface area contributed by atoms with Crippen molar-refractivity contribution in [3.8, 4) is 23.0 Å². The van der Waals surface area contributed by atoms with Gasteiger partial charge in [0.25, 0.3) is 0 Å². The highest BCUT2D eigenvalue weighted by Crippen LogP contribution is 2.31. The molecule has 0 spiro atoms. The quantitative estimate of drug-likeness (QED) is 0.391. The lowest BCUT2D eigenvalue weighted by Crippen LogP contribution is -2.26. The molecule has 1 heterocycles. The first-order valence-corrected chi connectivity index (χ1v) is 11.7. The van der Waals surface area contributed by atoms with Crippen LogP contribution in [0.3, 0.4) is 0 Å². The Labute approximate surface area is 193 Å². The van der Waals surface area contributed by atoms with Gasteiger partial charge in [0.1, 0.15) is 23.0 Å².